The third-order valence-electron chi connectivity index (χ3n) is 8.18. The lowest BCUT2D eigenvalue weighted by Gasteiger charge is -2.35. The molecule has 4 aromatic rings. The van der Waals surface area contributed by atoms with Gasteiger partial charge < -0.3 is 4.74 Å². The monoisotopic (exact) mass is 611 g/mol. The van der Waals surface area contributed by atoms with Crippen LogP contribution in [0.15, 0.2) is 79.1 Å². The summed E-state index contributed by atoms with van der Waals surface area (Å²) in [6, 6.07) is 22.5. The number of hydrogen-bond donors (Lipinski definition) is 0. The number of tetrazole rings is 1. The van der Waals surface area contributed by atoms with Crippen molar-refractivity contribution in [3.63, 3.8) is 0 Å². The lowest BCUT2D eigenvalue weighted by Crippen LogP contribution is -2.34. The minimum Gasteiger partial charge on any atom is -0.494 e. The van der Waals surface area contributed by atoms with Gasteiger partial charge in [0.2, 0.25) is 0 Å². The molecule has 1 fully saturated rings. The van der Waals surface area contributed by atoms with Crippen molar-refractivity contribution in [1.82, 2.24) is 25.1 Å². The van der Waals surface area contributed by atoms with Crippen molar-refractivity contribution in [2.24, 2.45) is 5.92 Å². The number of rotatable bonds is 13. The number of nitrogens with zero attached hydrogens (tertiary/aromatic N) is 5. The van der Waals surface area contributed by atoms with Gasteiger partial charge in [-0.05, 0) is 71.2 Å². The zero-order valence-corrected chi connectivity index (χ0v) is 24.9. The fourth-order valence-electron chi connectivity index (χ4n) is 6.07. The summed E-state index contributed by atoms with van der Waals surface area (Å²) < 4.78 is 47.1. The first-order chi connectivity index (χ1) is 20.9. The van der Waals surface area contributed by atoms with Gasteiger partial charge in [-0.2, -0.15) is 18.0 Å². The van der Waals surface area contributed by atoms with Crippen LogP contribution in [0, 0.1) is 5.92 Å². The van der Waals surface area contributed by atoms with Gasteiger partial charge in [0.05, 0.1) is 23.7 Å². The zero-order valence-electron chi connectivity index (χ0n) is 24.1. The Morgan fingerprint density at radius 3 is 2.51 bits per heavy atom. The van der Waals surface area contributed by atoms with E-state index in [1.807, 2.05) is 30.3 Å². The number of ether oxygens (including phenoxy) is 1. The summed E-state index contributed by atoms with van der Waals surface area (Å²) in [6.07, 6.45) is 3.63. The Bertz CT molecular complexity index is 1410. The van der Waals surface area contributed by atoms with E-state index >= 15 is 0 Å². The van der Waals surface area contributed by atoms with Gasteiger partial charge in [0.15, 0.2) is 6.33 Å². The Morgan fingerprint density at radius 2 is 1.77 bits per heavy atom. The van der Waals surface area contributed by atoms with Gasteiger partial charge in [0.25, 0.3) is 0 Å². The molecular weight excluding hydrogens is 575 g/mol. The molecule has 10 heteroatoms. The third kappa shape index (κ3) is 8.80. The van der Waals surface area contributed by atoms with Crippen LogP contribution in [-0.2, 0) is 19.3 Å². The molecule has 0 amide bonds. The molecule has 1 unspecified atom stereocenters. The molecule has 228 valence electrons. The lowest BCUT2D eigenvalue weighted by molar-refractivity contribution is -0.137. The van der Waals surface area contributed by atoms with Gasteiger partial charge in [-0.3, -0.25) is 4.90 Å². The van der Waals surface area contributed by atoms with E-state index in [0.717, 1.165) is 23.9 Å². The summed E-state index contributed by atoms with van der Waals surface area (Å²) in [5.74, 6) is 1.57. The van der Waals surface area contributed by atoms with E-state index in [1.165, 1.54) is 54.9 Å². The molecule has 0 spiro atoms. The minimum atomic E-state index is -4.50. The third-order valence-corrected chi connectivity index (χ3v) is 8.63. The Labute approximate surface area is 255 Å². The summed E-state index contributed by atoms with van der Waals surface area (Å²) in [4.78, 5) is 3.76. The molecule has 0 saturated heterocycles. The molecule has 1 aliphatic carbocycles. The number of aromatic nitrogens is 4. The van der Waals surface area contributed by atoms with Gasteiger partial charge in [0.1, 0.15) is 5.75 Å². The van der Waals surface area contributed by atoms with E-state index in [1.54, 1.807) is 6.07 Å². The van der Waals surface area contributed by atoms with Crippen molar-refractivity contribution in [2.75, 3.05) is 19.7 Å². The van der Waals surface area contributed by atoms with Crippen LogP contribution in [0.4, 0.5) is 13.2 Å². The zero-order chi connectivity index (χ0) is 30.1. The molecule has 0 aliphatic heterocycles. The van der Waals surface area contributed by atoms with Gasteiger partial charge in [0, 0.05) is 19.6 Å². The molecule has 1 atom stereocenters. The lowest BCUT2D eigenvalue weighted by atomic mass is 9.76. The second-order valence-corrected chi connectivity index (χ2v) is 11.6. The van der Waals surface area contributed by atoms with Crippen molar-refractivity contribution < 1.29 is 17.9 Å². The van der Waals surface area contributed by atoms with E-state index in [2.05, 4.69) is 44.6 Å². The minimum absolute atomic E-state index is 0.219. The van der Waals surface area contributed by atoms with Crippen molar-refractivity contribution in [3.8, 4) is 5.75 Å². The summed E-state index contributed by atoms with van der Waals surface area (Å²) in [7, 11) is 0. The fourth-order valence-corrected chi connectivity index (χ4v) is 6.37. The number of hydrogen-bond acceptors (Lipinski definition) is 5. The number of benzene rings is 3. The van der Waals surface area contributed by atoms with Crippen LogP contribution in [0.3, 0.4) is 0 Å². The van der Waals surface area contributed by atoms with Crippen LogP contribution in [0.5, 0.6) is 5.75 Å². The smallest absolute Gasteiger partial charge is 0.417 e. The van der Waals surface area contributed by atoms with Gasteiger partial charge >= 0.3 is 6.18 Å². The van der Waals surface area contributed by atoms with Crippen LogP contribution in [0.2, 0.25) is 5.02 Å². The predicted octanol–water partition coefficient (Wildman–Crippen LogP) is 8.03. The van der Waals surface area contributed by atoms with Gasteiger partial charge in [-0.25, -0.2) is 0 Å². The van der Waals surface area contributed by atoms with Crippen LogP contribution < -0.4 is 4.74 Å². The van der Waals surface area contributed by atoms with E-state index in [9.17, 15) is 13.2 Å². The first-order valence-electron chi connectivity index (χ1n) is 14.9. The van der Waals surface area contributed by atoms with E-state index in [0.29, 0.717) is 44.1 Å². The van der Waals surface area contributed by atoms with E-state index < -0.39 is 11.7 Å². The molecule has 1 aromatic heterocycles. The molecule has 0 N–H and O–H groups in total. The standard InChI is InChI=1S/C33H37ClF3N5O/c34-32-28(15-8-17-31(32)33(35,36)37)22-41(23-30(26-11-3-1-4-12-26)27-13-5-2-6-14-27)18-9-19-43-29-16-7-10-25(20-29)21-42-39-24-38-40-42/h1,3-4,7-8,10-12,15-17,20,24,27,30H,2,5-6,9,13-14,18-19,21-23H2. The second kappa shape index (κ2) is 14.8. The Balaban J connectivity index is 1.30. The average molecular weight is 612 g/mol. The number of halogens is 4. The van der Waals surface area contributed by atoms with Crippen LogP contribution in [-0.4, -0.2) is 44.8 Å². The topological polar surface area (TPSA) is 56.1 Å². The first kappa shape index (κ1) is 31.0. The summed E-state index contributed by atoms with van der Waals surface area (Å²) >= 11 is 6.36. The highest BCUT2D eigenvalue weighted by molar-refractivity contribution is 6.32. The molecular formula is C33H37ClF3N5O. The highest BCUT2D eigenvalue weighted by atomic mass is 35.5. The summed E-state index contributed by atoms with van der Waals surface area (Å²) in [5, 5.41) is 11.5. The molecule has 0 radical (unpaired) electrons. The molecule has 1 saturated carbocycles. The van der Waals surface area contributed by atoms with Crippen molar-refractivity contribution >= 4 is 11.6 Å². The molecule has 0 bridgehead atoms. The summed E-state index contributed by atoms with van der Waals surface area (Å²) in [5.41, 5.74) is 1.98. The Morgan fingerprint density at radius 1 is 0.977 bits per heavy atom. The van der Waals surface area contributed by atoms with Crippen molar-refractivity contribution in [3.05, 3.63) is 106 Å². The molecule has 1 heterocycles. The van der Waals surface area contributed by atoms with Crippen molar-refractivity contribution in [2.45, 2.75) is 63.7 Å². The van der Waals surface area contributed by atoms with Gasteiger partial charge in [-0.1, -0.05) is 85.5 Å². The van der Waals surface area contributed by atoms with Crippen LogP contribution in [0.25, 0.3) is 0 Å². The van der Waals surface area contributed by atoms with Crippen LogP contribution >= 0.6 is 11.6 Å². The van der Waals surface area contributed by atoms with E-state index in [4.69, 9.17) is 16.3 Å². The highest BCUT2D eigenvalue weighted by Crippen LogP contribution is 2.39. The molecule has 1 aliphatic rings. The molecule has 5 rings (SSSR count). The fraction of sp³-hybridized carbons (Fsp3) is 0.424. The predicted molar refractivity (Wildman–Crippen MR) is 161 cm³/mol. The molecule has 6 nitrogen and oxygen atoms in total. The first-order valence-corrected chi connectivity index (χ1v) is 15.3. The maximum absolute atomic E-state index is 13.7. The van der Waals surface area contributed by atoms with E-state index in [-0.39, 0.29) is 10.9 Å². The normalized spacial score (nSPS) is 15.1. The Kier molecular flexibility index (Phi) is 10.7. The maximum atomic E-state index is 13.7. The van der Waals surface area contributed by atoms with Crippen LogP contribution in [0.1, 0.15) is 66.7 Å². The second-order valence-electron chi connectivity index (χ2n) is 11.2. The quantitative estimate of drug-likeness (QED) is 0.143. The van der Waals surface area contributed by atoms with Gasteiger partial charge in [-0.15, -0.1) is 10.2 Å². The summed E-state index contributed by atoms with van der Waals surface area (Å²) in [6.45, 7) is 2.69. The largest absolute Gasteiger partial charge is 0.494 e. The number of alkyl halides is 3. The van der Waals surface area contributed by atoms with Crippen molar-refractivity contribution in [1.29, 1.82) is 0 Å². The SMILES string of the molecule is FC(F)(F)c1cccc(CN(CCCOc2cccc(Cn3ncnn3)c2)CC(c2ccccc2)C2CCCCC2)c1Cl. The average Bonchev–Trinajstić information content (AvgIpc) is 3.52. The molecule has 3 aromatic carbocycles. The Hall–Kier alpha value is -3.43. The highest BCUT2D eigenvalue weighted by Gasteiger charge is 2.34. The maximum Gasteiger partial charge on any atom is 0.417 e. The molecule has 43 heavy (non-hydrogen) atoms.